The number of fused-ring (bicyclic) bond motifs is 2. The van der Waals surface area contributed by atoms with E-state index in [-0.39, 0.29) is 24.5 Å². The molecule has 1 saturated heterocycles. The lowest BCUT2D eigenvalue weighted by atomic mass is 9.84. The minimum Gasteiger partial charge on any atom is -0.493 e. The number of hydrogen-bond donors (Lipinski definition) is 3. The van der Waals surface area contributed by atoms with Crippen molar-refractivity contribution in [1.82, 2.24) is 15.5 Å². The molecule has 9 nitrogen and oxygen atoms in total. The molecule has 0 radical (unpaired) electrons. The molecule has 3 aromatic carbocycles. The lowest BCUT2D eigenvalue weighted by Crippen LogP contribution is -2.48. The lowest BCUT2D eigenvalue weighted by Gasteiger charge is -2.33. The number of anilines is 1. The molecule has 3 N–H and O–H groups in total. The Morgan fingerprint density at radius 2 is 1.68 bits per heavy atom. The van der Waals surface area contributed by atoms with Crippen LogP contribution in [0.1, 0.15) is 27.9 Å². The number of hydrogen-bond acceptors (Lipinski definition) is 5. The molecule has 1 atom stereocenters. The van der Waals surface area contributed by atoms with E-state index < -0.39 is 29.9 Å². The first-order valence-corrected chi connectivity index (χ1v) is 12.1. The van der Waals surface area contributed by atoms with Gasteiger partial charge in [-0.3, -0.25) is 19.3 Å². The van der Waals surface area contributed by atoms with Crippen LogP contribution in [0, 0.1) is 0 Å². The Labute approximate surface area is 213 Å². The van der Waals surface area contributed by atoms with Crippen LogP contribution in [0.2, 0.25) is 0 Å². The highest BCUT2D eigenvalue weighted by molar-refractivity contribution is 6.11. The van der Waals surface area contributed by atoms with Gasteiger partial charge >= 0.3 is 6.03 Å². The fourth-order valence-corrected chi connectivity index (χ4v) is 4.70. The Balaban J connectivity index is 1.25. The second kappa shape index (κ2) is 10.1. The van der Waals surface area contributed by atoms with Gasteiger partial charge in [0, 0.05) is 18.5 Å². The van der Waals surface area contributed by atoms with Crippen molar-refractivity contribution in [2.24, 2.45) is 0 Å². The summed E-state index contributed by atoms with van der Waals surface area (Å²) in [5, 5.41) is 8.32. The maximum Gasteiger partial charge on any atom is 0.325 e. The molecular weight excluding hydrogens is 472 g/mol. The number of imide groups is 1. The van der Waals surface area contributed by atoms with Crippen LogP contribution in [-0.2, 0) is 21.5 Å². The van der Waals surface area contributed by atoms with Gasteiger partial charge < -0.3 is 20.7 Å². The first-order valence-electron chi connectivity index (χ1n) is 12.1. The van der Waals surface area contributed by atoms with E-state index in [1.165, 1.54) is 0 Å². The number of benzene rings is 3. The first kappa shape index (κ1) is 24.1. The third kappa shape index (κ3) is 4.75. The van der Waals surface area contributed by atoms with Gasteiger partial charge in [0.1, 0.15) is 12.3 Å². The SMILES string of the molecule is O=C(CN1C(=O)NC2(CCOc3ccccc32)C1=O)Nc1ccccc1C(=O)NCCc1ccccc1. The van der Waals surface area contributed by atoms with Crippen LogP contribution in [0.3, 0.4) is 0 Å². The molecule has 0 bridgehead atoms. The zero-order chi connectivity index (χ0) is 25.8. The Morgan fingerprint density at radius 3 is 2.51 bits per heavy atom. The molecule has 37 heavy (non-hydrogen) atoms. The van der Waals surface area contributed by atoms with E-state index in [0.29, 0.717) is 30.0 Å². The van der Waals surface area contributed by atoms with Gasteiger partial charge in [0.2, 0.25) is 5.91 Å². The zero-order valence-corrected chi connectivity index (χ0v) is 20.0. The number of para-hydroxylation sites is 2. The largest absolute Gasteiger partial charge is 0.493 e. The lowest BCUT2D eigenvalue weighted by molar-refractivity contribution is -0.135. The van der Waals surface area contributed by atoms with Gasteiger partial charge in [0.05, 0.1) is 17.9 Å². The molecule has 1 spiro atoms. The number of nitrogens with zero attached hydrogens (tertiary/aromatic N) is 1. The third-order valence-electron chi connectivity index (χ3n) is 6.55. The summed E-state index contributed by atoms with van der Waals surface area (Å²) in [7, 11) is 0. The predicted molar refractivity (Wildman–Crippen MR) is 136 cm³/mol. The van der Waals surface area contributed by atoms with E-state index >= 15 is 0 Å². The molecule has 1 fully saturated rings. The van der Waals surface area contributed by atoms with Crippen LogP contribution in [0.5, 0.6) is 5.75 Å². The summed E-state index contributed by atoms with van der Waals surface area (Å²) >= 11 is 0. The molecule has 3 aromatic rings. The van der Waals surface area contributed by atoms with Gasteiger partial charge in [-0.05, 0) is 30.2 Å². The number of carbonyl (C=O) groups excluding carboxylic acids is 4. The van der Waals surface area contributed by atoms with Crippen molar-refractivity contribution in [2.75, 3.05) is 25.0 Å². The van der Waals surface area contributed by atoms with Crippen molar-refractivity contribution in [3.05, 3.63) is 95.6 Å². The second-order valence-corrected chi connectivity index (χ2v) is 8.91. The van der Waals surface area contributed by atoms with Gasteiger partial charge in [-0.2, -0.15) is 0 Å². The minimum atomic E-state index is -1.26. The number of rotatable bonds is 7. The van der Waals surface area contributed by atoms with Crippen molar-refractivity contribution in [1.29, 1.82) is 0 Å². The number of nitrogens with one attached hydrogen (secondary N) is 3. The summed E-state index contributed by atoms with van der Waals surface area (Å²) < 4.78 is 5.64. The molecule has 2 aliphatic heterocycles. The number of amides is 5. The summed E-state index contributed by atoms with van der Waals surface area (Å²) in [6.45, 7) is 0.204. The second-order valence-electron chi connectivity index (χ2n) is 8.91. The third-order valence-corrected chi connectivity index (χ3v) is 6.55. The van der Waals surface area contributed by atoms with Crippen LogP contribution < -0.4 is 20.7 Å². The molecule has 9 heteroatoms. The Kier molecular flexibility index (Phi) is 6.59. The maximum atomic E-state index is 13.4. The van der Waals surface area contributed by atoms with E-state index in [1.807, 2.05) is 30.3 Å². The molecule has 0 aliphatic carbocycles. The van der Waals surface area contributed by atoms with E-state index in [2.05, 4.69) is 16.0 Å². The van der Waals surface area contributed by atoms with Crippen molar-refractivity contribution in [2.45, 2.75) is 18.4 Å². The van der Waals surface area contributed by atoms with E-state index in [0.717, 1.165) is 10.5 Å². The fourth-order valence-electron chi connectivity index (χ4n) is 4.70. The zero-order valence-electron chi connectivity index (χ0n) is 20.0. The molecule has 188 valence electrons. The van der Waals surface area contributed by atoms with Crippen LogP contribution in [-0.4, -0.2) is 48.3 Å². The average molecular weight is 499 g/mol. The first-order chi connectivity index (χ1) is 18.0. The molecule has 0 aromatic heterocycles. The maximum absolute atomic E-state index is 13.4. The smallest absolute Gasteiger partial charge is 0.325 e. The monoisotopic (exact) mass is 498 g/mol. The molecule has 0 saturated carbocycles. The Hall–Kier alpha value is -4.66. The molecule has 2 aliphatic rings. The van der Waals surface area contributed by atoms with Crippen LogP contribution in [0.4, 0.5) is 10.5 Å². The minimum absolute atomic E-state index is 0.260. The summed E-state index contributed by atoms with van der Waals surface area (Å²) in [5.74, 6) is -0.902. The number of ether oxygens (including phenoxy) is 1. The van der Waals surface area contributed by atoms with E-state index in [1.54, 1.807) is 48.5 Å². The molecule has 2 heterocycles. The van der Waals surface area contributed by atoms with Gasteiger partial charge in [-0.15, -0.1) is 0 Å². The standard InChI is InChI=1S/C28H26N4O5/c33-24(18-32-26(35)28(31-27(32)36)15-17-37-23-13-7-5-11-21(23)28)30-22-12-6-4-10-20(22)25(34)29-16-14-19-8-2-1-3-9-19/h1-13H,14-18H2,(H,29,34)(H,30,33)(H,31,36). The highest BCUT2D eigenvalue weighted by Crippen LogP contribution is 2.40. The number of carbonyl (C=O) groups is 4. The predicted octanol–water partition coefficient (Wildman–Crippen LogP) is 2.83. The van der Waals surface area contributed by atoms with Crippen molar-refractivity contribution in [3.63, 3.8) is 0 Å². The normalized spacial score (nSPS) is 18.1. The van der Waals surface area contributed by atoms with Gasteiger partial charge in [0.15, 0.2) is 5.54 Å². The van der Waals surface area contributed by atoms with Crippen LogP contribution >= 0.6 is 0 Å². The molecule has 1 unspecified atom stereocenters. The summed E-state index contributed by atoms with van der Waals surface area (Å²) in [4.78, 5) is 52.8. The van der Waals surface area contributed by atoms with Crippen LogP contribution in [0.15, 0.2) is 78.9 Å². The summed E-state index contributed by atoms with van der Waals surface area (Å²) in [5.41, 5.74) is 0.990. The van der Waals surface area contributed by atoms with Crippen molar-refractivity contribution in [3.8, 4) is 5.75 Å². The van der Waals surface area contributed by atoms with Gasteiger partial charge in [0.25, 0.3) is 11.8 Å². The van der Waals surface area contributed by atoms with Gasteiger partial charge in [-0.1, -0.05) is 60.7 Å². The quantitative estimate of drug-likeness (QED) is 0.433. The average Bonchev–Trinajstić information content (AvgIpc) is 3.14. The molecule has 5 amide bonds. The highest BCUT2D eigenvalue weighted by Gasteiger charge is 2.55. The van der Waals surface area contributed by atoms with Crippen LogP contribution in [0.25, 0.3) is 0 Å². The summed E-state index contributed by atoms with van der Waals surface area (Å²) in [6.07, 6.45) is 0.932. The van der Waals surface area contributed by atoms with E-state index in [9.17, 15) is 19.2 Å². The number of urea groups is 1. The Bertz CT molecular complexity index is 1360. The molecule has 5 rings (SSSR count). The molecular formula is C28H26N4O5. The van der Waals surface area contributed by atoms with Crippen molar-refractivity contribution >= 4 is 29.4 Å². The van der Waals surface area contributed by atoms with Gasteiger partial charge in [-0.25, -0.2) is 4.79 Å². The fraction of sp³-hybridized carbons (Fsp3) is 0.214. The highest BCUT2D eigenvalue weighted by atomic mass is 16.5. The Morgan fingerprint density at radius 1 is 0.946 bits per heavy atom. The topological polar surface area (TPSA) is 117 Å². The summed E-state index contributed by atoms with van der Waals surface area (Å²) in [6, 6.07) is 22.8. The van der Waals surface area contributed by atoms with E-state index in [4.69, 9.17) is 4.74 Å². The van der Waals surface area contributed by atoms with Crippen molar-refractivity contribution < 1.29 is 23.9 Å².